The Hall–Kier alpha value is -1.81. The predicted molar refractivity (Wildman–Crippen MR) is 65.1 cm³/mol. The number of benzene rings is 1. The molecule has 4 nitrogen and oxygen atoms in total. The number of hydrogen-bond acceptors (Lipinski definition) is 2. The van der Waals surface area contributed by atoms with Crippen molar-refractivity contribution in [3.8, 4) is 0 Å². The first kappa shape index (κ1) is 10.4. The van der Waals surface area contributed by atoms with E-state index in [2.05, 4.69) is 15.5 Å². The zero-order valence-corrected chi connectivity index (χ0v) is 9.66. The molecule has 0 radical (unpaired) electrons. The van der Waals surface area contributed by atoms with Crippen molar-refractivity contribution in [1.29, 1.82) is 0 Å². The third kappa shape index (κ3) is 1.80. The monoisotopic (exact) mass is 247 g/mol. The topological polar surface area (TPSA) is 57.8 Å². The minimum absolute atomic E-state index is 0.00766. The van der Waals surface area contributed by atoms with Crippen molar-refractivity contribution in [3.63, 3.8) is 0 Å². The summed E-state index contributed by atoms with van der Waals surface area (Å²) in [6.07, 6.45) is 2.17. The summed E-state index contributed by atoms with van der Waals surface area (Å²) >= 11 is 5.98. The van der Waals surface area contributed by atoms with E-state index in [1.807, 2.05) is 24.3 Å². The Balaban J connectivity index is 2.08. The van der Waals surface area contributed by atoms with E-state index in [0.29, 0.717) is 17.3 Å². The summed E-state index contributed by atoms with van der Waals surface area (Å²) in [6.45, 7) is 0. The van der Waals surface area contributed by atoms with Crippen LogP contribution in [0, 0.1) is 0 Å². The van der Waals surface area contributed by atoms with E-state index >= 15 is 0 Å². The normalized spacial score (nSPS) is 18.6. The van der Waals surface area contributed by atoms with E-state index in [4.69, 9.17) is 11.6 Å². The van der Waals surface area contributed by atoms with Crippen LogP contribution in [0.2, 0.25) is 5.02 Å². The molecule has 2 aromatic rings. The molecule has 0 bridgehead atoms. The highest BCUT2D eigenvalue weighted by molar-refractivity contribution is 6.30. The van der Waals surface area contributed by atoms with E-state index < -0.39 is 0 Å². The minimum atomic E-state index is -0.00766. The average Bonchev–Trinajstić information content (AvgIpc) is 2.75. The number of aromatic amines is 1. The fourth-order valence-corrected chi connectivity index (χ4v) is 2.37. The van der Waals surface area contributed by atoms with Gasteiger partial charge in [0, 0.05) is 22.9 Å². The van der Waals surface area contributed by atoms with Crippen LogP contribution < -0.4 is 5.32 Å². The fourth-order valence-electron chi connectivity index (χ4n) is 2.17. The number of carbonyl (C=O) groups is 1. The standard InChI is InChI=1S/C12H10ClN3O/c13-8-3-1-2-7(4-8)9-5-11(17)15-12-10(9)6-14-16-12/h1-4,6,9H,5H2,(H2,14,15,16,17)/t9-/m1/s1. The maximum atomic E-state index is 11.6. The SMILES string of the molecule is O=C1C[C@H](c2cccc(Cl)c2)c2cn[nH]c2N1. The summed E-state index contributed by atoms with van der Waals surface area (Å²) < 4.78 is 0. The van der Waals surface area contributed by atoms with E-state index in [9.17, 15) is 4.79 Å². The molecule has 0 spiro atoms. The zero-order valence-electron chi connectivity index (χ0n) is 8.90. The van der Waals surface area contributed by atoms with Crippen LogP contribution in [-0.2, 0) is 4.79 Å². The largest absolute Gasteiger partial charge is 0.311 e. The molecular formula is C12H10ClN3O. The zero-order chi connectivity index (χ0) is 11.8. The molecule has 0 unspecified atom stereocenters. The molecule has 1 aromatic carbocycles. The predicted octanol–water partition coefficient (Wildman–Crippen LogP) is 2.54. The van der Waals surface area contributed by atoms with Crippen molar-refractivity contribution >= 4 is 23.3 Å². The van der Waals surface area contributed by atoms with E-state index in [-0.39, 0.29) is 11.8 Å². The van der Waals surface area contributed by atoms with Crippen molar-refractivity contribution in [2.45, 2.75) is 12.3 Å². The van der Waals surface area contributed by atoms with Gasteiger partial charge in [-0.05, 0) is 17.7 Å². The van der Waals surface area contributed by atoms with Crippen molar-refractivity contribution in [1.82, 2.24) is 10.2 Å². The molecule has 1 aromatic heterocycles. The molecule has 5 heteroatoms. The van der Waals surface area contributed by atoms with Crippen LogP contribution in [0.4, 0.5) is 5.82 Å². The van der Waals surface area contributed by atoms with Gasteiger partial charge in [0.25, 0.3) is 0 Å². The first-order valence-corrected chi connectivity index (χ1v) is 5.70. The number of carbonyl (C=O) groups excluding carboxylic acids is 1. The van der Waals surface area contributed by atoms with Crippen molar-refractivity contribution in [3.05, 3.63) is 46.6 Å². The Kier molecular flexibility index (Phi) is 2.37. The van der Waals surface area contributed by atoms with Gasteiger partial charge in [0.1, 0.15) is 5.82 Å². The van der Waals surface area contributed by atoms with Gasteiger partial charge in [0.15, 0.2) is 0 Å². The lowest BCUT2D eigenvalue weighted by atomic mass is 9.87. The Morgan fingerprint density at radius 2 is 2.29 bits per heavy atom. The van der Waals surface area contributed by atoms with Crippen molar-refractivity contribution < 1.29 is 4.79 Å². The molecule has 1 aliphatic rings. The number of amides is 1. The van der Waals surface area contributed by atoms with E-state index in [1.54, 1.807) is 6.20 Å². The second-order valence-corrected chi connectivity index (χ2v) is 4.50. The van der Waals surface area contributed by atoms with Gasteiger partial charge in [0.2, 0.25) is 5.91 Å². The summed E-state index contributed by atoms with van der Waals surface area (Å²) in [5, 5.41) is 10.2. The molecule has 0 fully saturated rings. The second kappa shape index (κ2) is 3.89. The van der Waals surface area contributed by atoms with Gasteiger partial charge >= 0.3 is 0 Å². The highest BCUT2D eigenvalue weighted by Gasteiger charge is 2.27. The number of halogens is 1. The second-order valence-electron chi connectivity index (χ2n) is 4.06. The number of rotatable bonds is 1. The van der Waals surface area contributed by atoms with Crippen LogP contribution in [0.1, 0.15) is 23.5 Å². The molecule has 1 amide bonds. The van der Waals surface area contributed by atoms with Gasteiger partial charge in [-0.25, -0.2) is 0 Å². The smallest absolute Gasteiger partial charge is 0.226 e. The van der Waals surface area contributed by atoms with Crippen LogP contribution in [0.5, 0.6) is 0 Å². The summed E-state index contributed by atoms with van der Waals surface area (Å²) in [4.78, 5) is 11.6. The quantitative estimate of drug-likeness (QED) is 0.814. The summed E-state index contributed by atoms with van der Waals surface area (Å²) in [7, 11) is 0. The maximum absolute atomic E-state index is 11.6. The molecule has 0 saturated carbocycles. The molecule has 1 aliphatic heterocycles. The lowest BCUT2D eigenvalue weighted by Crippen LogP contribution is -2.22. The average molecular weight is 248 g/mol. The number of nitrogens with one attached hydrogen (secondary N) is 2. The van der Waals surface area contributed by atoms with Gasteiger partial charge in [-0.3, -0.25) is 9.89 Å². The van der Waals surface area contributed by atoms with Gasteiger partial charge in [-0.2, -0.15) is 5.10 Å². The number of hydrogen-bond donors (Lipinski definition) is 2. The highest BCUT2D eigenvalue weighted by atomic mass is 35.5. The van der Waals surface area contributed by atoms with E-state index in [1.165, 1.54) is 0 Å². The molecule has 1 atom stereocenters. The number of nitrogens with zero attached hydrogens (tertiary/aromatic N) is 1. The van der Waals surface area contributed by atoms with Crippen LogP contribution in [0.3, 0.4) is 0 Å². The highest BCUT2D eigenvalue weighted by Crippen LogP contribution is 2.36. The van der Waals surface area contributed by atoms with E-state index in [0.717, 1.165) is 11.1 Å². The molecule has 2 heterocycles. The van der Waals surface area contributed by atoms with Crippen LogP contribution in [0.15, 0.2) is 30.5 Å². The van der Waals surface area contributed by atoms with Gasteiger partial charge in [0.05, 0.1) is 6.20 Å². The summed E-state index contributed by atoms with van der Waals surface area (Å²) in [5.41, 5.74) is 2.04. The van der Waals surface area contributed by atoms with Gasteiger partial charge < -0.3 is 5.32 Å². The number of fused-ring (bicyclic) bond motifs is 1. The fraction of sp³-hybridized carbons (Fsp3) is 0.167. The number of H-pyrrole nitrogens is 1. The van der Waals surface area contributed by atoms with Crippen LogP contribution >= 0.6 is 11.6 Å². The Morgan fingerprint density at radius 3 is 3.12 bits per heavy atom. The van der Waals surface area contributed by atoms with Crippen molar-refractivity contribution in [2.75, 3.05) is 5.32 Å². The lowest BCUT2D eigenvalue weighted by Gasteiger charge is -2.22. The Bertz CT molecular complexity index is 579. The minimum Gasteiger partial charge on any atom is -0.311 e. The molecule has 0 aliphatic carbocycles. The van der Waals surface area contributed by atoms with Gasteiger partial charge in [-0.15, -0.1) is 0 Å². The molecule has 17 heavy (non-hydrogen) atoms. The molecular weight excluding hydrogens is 238 g/mol. The number of aromatic nitrogens is 2. The molecule has 86 valence electrons. The van der Waals surface area contributed by atoms with Crippen LogP contribution in [-0.4, -0.2) is 16.1 Å². The number of anilines is 1. The Labute approximate surface area is 103 Å². The van der Waals surface area contributed by atoms with Gasteiger partial charge in [-0.1, -0.05) is 23.7 Å². The summed E-state index contributed by atoms with van der Waals surface area (Å²) in [6, 6.07) is 7.59. The molecule has 0 saturated heterocycles. The first-order valence-electron chi connectivity index (χ1n) is 5.32. The Morgan fingerprint density at radius 1 is 1.41 bits per heavy atom. The molecule has 2 N–H and O–H groups in total. The molecule has 3 rings (SSSR count). The third-order valence-electron chi connectivity index (χ3n) is 2.95. The lowest BCUT2D eigenvalue weighted by molar-refractivity contribution is -0.116. The van der Waals surface area contributed by atoms with Crippen molar-refractivity contribution in [2.24, 2.45) is 0 Å². The first-order chi connectivity index (χ1) is 8.24. The maximum Gasteiger partial charge on any atom is 0.226 e. The summed E-state index contributed by atoms with van der Waals surface area (Å²) in [5.74, 6) is 0.703. The van der Waals surface area contributed by atoms with Crippen LogP contribution in [0.25, 0.3) is 0 Å². The third-order valence-corrected chi connectivity index (χ3v) is 3.18.